The van der Waals surface area contributed by atoms with Gasteiger partial charge in [-0.25, -0.2) is 0 Å². The van der Waals surface area contributed by atoms with E-state index in [0.29, 0.717) is 0 Å². The van der Waals surface area contributed by atoms with Gasteiger partial charge in [-0.2, -0.15) is 0 Å². The van der Waals surface area contributed by atoms with Crippen molar-refractivity contribution < 1.29 is 0 Å². The molecule has 2 aromatic carbocycles. The van der Waals surface area contributed by atoms with Gasteiger partial charge in [-0.15, -0.1) is 0 Å². The van der Waals surface area contributed by atoms with Crippen LogP contribution in [0.15, 0.2) is 36.4 Å². The molecule has 1 saturated heterocycles. The fourth-order valence-corrected chi connectivity index (χ4v) is 4.57. The fourth-order valence-electron chi connectivity index (χ4n) is 3.04. The smallest absolute Gasteiger partial charge is 0.0104 e. The summed E-state index contributed by atoms with van der Waals surface area (Å²) in [4.78, 5) is 2.33. The third-order valence-electron chi connectivity index (χ3n) is 4.07. The molecule has 0 aliphatic carbocycles. The Morgan fingerprint density at radius 3 is 1.38 bits per heavy atom. The van der Waals surface area contributed by atoms with Crippen molar-refractivity contribution >= 4 is 19.2 Å². The lowest BCUT2D eigenvalue weighted by molar-refractivity contribution is 0.291. The Morgan fingerprint density at radius 2 is 1.08 bits per heavy atom. The van der Waals surface area contributed by atoms with Crippen molar-refractivity contribution in [3.05, 3.63) is 58.7 Å². The summed E-state index contributed by atoms with van der Waals surface area (Å²) in [6.45, 7) is 13.4. The van der Waals surface area contributed by atoms with Crippen LogP contribution in [0.4, 0.5) is 0 Å². The van der Waals surface area contributed by atoms with Gasteiger partial charge < -0.3 is 10.2 Å². The van der Waals surface area contributed by atoms with Gasteiger partial charge in [-0.1, -0.05) is 67.2 Å². The number of benzene rings is 2. The molecule has 1 aliphatic heterocycles. The lowest BCUT2D eigenvalue weighted by Crippen LogP contribution is -2.40. The number of nitrogens with zero attached hydrogens (tertiary/aromatic N) is 1. The molecule has 2 nitrogen and oxygen atoms in total. The SMILES string of the molecule is CN1CCNCC1.Cc1cc(C)cc(Pc2cc(C)cc(C)c2)c1. The lowest BCUT2D eigenvalue weighted by atomic mass is 10.2. The average molecular weight is 342 g/mol. The van der Waals surface area contributed by atoms with Crippen molar-refractivity contribution in [3.63, 3.8) is 0 Å². The van der Waals surface area contributed by atoms with Crippen LogP contribution in [0.25, 0.3) is 0 Å². The molecule has 0 aromatic heterocycles. The van der Waals surface area contributed by atoms with Crippen LogP contribution in [0.1, 0.15) is 22.3 Å². The third-order valence-corrected chi connectivity index (χ3v) is 5.23. The second-order valence-corrected chi connectivity index (χ2v) is 8.34. The lowest BCUT2D eigenvalue weighted by Gasteiger charge is -2.21. The molecule has 3 heteroatoms. The molecule has 1 aliphatic rings. The average Bonchev–Trinajstić information content (AvgIpc) is 2.46. The van der Waals surface area contributed by atoms with E-state index in [9.17, 15) is 0 Å². The molecule has 0 unspecified atom stereocenters. The number of rotatable bonds is 2. The summed E-state index contributed by atoms with van der Waals surface area (Å²) < 4.78 is 0. The van der Waals surface area contributed by atoms with Crippen LogP contribution < -0.4 is 15.9 Å². The minimum atomic E-state index is 0.762. The summed E-state index contributed by atoms with van der Waals surface area (Å²) in [5, 5.41) is 6.15. The second-order valence-electron chi connectivity index (χ2n) is 6.93. The molecule has 1 heterocycles. The highest BCUT2D eigenvalue weighted by atomic mass is 31.1. The Labute approximate surface area is 149 Å². The van der Waals surface area contributed by atoms with E-state index in [2.05, 4.69) is 81.4 Å². The number of hydrogen-bond acceptors (Lipinski definition) is 2. The largest absolute Gasteiger partial charge is 0.314 e. The van der Waals surface area contributed by atoms with E-state index in [0.717, 1.165) is 21.7 Å². The summed E-state index contributed by atoms with van der Waals surface area (Å²) >= 11 is 0. The third kappa shape index (κ3) is 6.73. The highest BCUT2D eigenvalue weighted by molar-refractivity contribution is 7.55. The molecule has 0 atom stereocenters. The summed E-state index contributed by atoms with van der Waals surface area (Å²) in [6, 6.07) is 13.6. The predicted octanol–water partition coefficient (Wildman–Crippen LogP) is 3.07. The Kier molecular flexibility index (Phi) is 7.42. The molecule has 2 aromatic rings. The molecule has 1 N–H and O–H groups in total. The Bertz CT molecular complexity index is 571. The van der Waals surface area contributed by atoms with E-state index in [1.165, 1.54) is 46.0 Å². The fraction of sp³-hybridized carbons (Fsp3) is 0.429. The van der Waals surface area contributed by atoms with Crippen molar-refractivity contribution in [1.82, 2.24) is 10.2 Å². The maximum absolute atomic E-state index is 3.27. The zero-order valence-electron chi connectivity index (χ0n) is 15.7. The molecule has 1 fully saturated rings. The molecular formula is C21H31N2P. The highest BCUT2D eigenvalue weighted by Gasteiger charge is 2.01. The molecule has 0 radical (unpaired) electrons. The van der Waals surface area contributed by atoms with Gasteiger partial charge in [0.1, 0.15) is 0 Å². The molecule has 3 rings (SSSR count). The molecule has 0 spiro atoms. The minimum absolute atomic E-state index is 0.762. The number of nitrogens with one attached hydrogen (secondary N) is 1. The predicted molar refractivity (Wildman–Crippen MR) is 110 cm³/mol. The van der Waals surface area contributed by atoms with Gasteiger partial charge in [0, 0.05) is 26.2 Å². The summed E-state index contributed by atoms with van der Waals surface area (Å²) in [6.07, 6.45) is 0. The maximum Gasteiger partial charge on any atom is 0.0104 e. The van der Waals surface area contributed by atoms with Gasteiger partial charge in [0.05, 0.1) is 0 Å². The van der Waals surface area contributed by atoms with Gasteiger partial charge in [-0.3, -0.25) is 0 Å². The van der Waals surface area contributed by atoms with Gasteiger partial charge in [-0.05, 0) is 45.4 Å². The summed E-state index contributed by atoms with van der Waals surface area (Å²) in [7, 11) is 2.92. The van der Waals surface area contributed by atoms with E-state index >= 15 is 0 Å². The maximum atomic E-state index is 3.27. The normalized spacial score (nSPS) is 14.9. The van der Waals surface area contributed by atoms with Gasteiger partial charge in [0.15, 0.2) is 0 Å². The standard InChI is InChI=1S/C16H19P.C5H12N2/c1-11-5-12(2)8-15(7-11)17-16-9-13(3)6-14(4)10-16;1-7-4-2-6-3-5-7/h5-10,17H,1-4H3;6H,2-5H2,1H3. The first-order chi connectivity index (χ1) is 11.4. The quantitative estimate of drug-likeness (QED) is 0.844. The van der Waals surface area contributed by atoms with E-state index < -0.39 is 0 Å². The monoisotopic (exact) mass is 342 g/mol. The van der Waals surface area contributed by atoms with E-state index in [1.54, 1.807) is 0 Å². The molecule has 0 bridgehead atoms. The number of piperazine rings is 1. The molecule has 130 valence electrons. The van der Waals surface area contributed by atoms with Crippen molar-refractivity contribution in [2.75, 3.05) is 33.2 Å². The van der Waals surface area contributed by atoms with Crippen LogP contribution in [-0.2, 0) is 0 Å². The Balaban J connectivity index is 0.000000249. The molecule has 0 saturated carbocycles. The first-order valence-electron chi connectivity index (χ1n) is 8.75. The van der Waals surface area contributed by atoms with Crippen LogP contribution in [-0.4, -0.2) is 38.1 Å². The first-order valence-corrected chi connectivity index (χ1v) is 9.75. The van der Waals surface area contributed by atoms with Gasteiger partial charge >= 0.3 is 0 Å². The van der Waals surface area contributed by atoms with E-state index in [4.69, 9.17) is 0 Å². The molecule has 0 amide bonds. The summed E-state index contributed by atoms with van der Waals surface area (Å²) in [5.74, 6) is 0. The zero-order valence-corrected chi connectivity index (χ0v) is 16.7. The molecule has 24 heavy (non-hydrogen) atoms. The van der Waals surface area contributed by atoms with Crippen molar-refractivity contribution in [2.45, 2.75) is 27.7 Å². The highest BCUT2D eigenvalue weighted by Crippen LogP contribution is 2.15. The van der Waals surface area contributed by atoms with Crippen molar-refractivity contribution in [2.24, 2.45) is 0 Å². The zero-order chi connectivity index (χ0) is 17.5. The van der Waals surface area contributed by atoms with Crippen molar-refractivity contribution in [1.29, 1.82) is 0 Å². The van der Waals surface area contributed by atoms with Crippen LogP contribution >= 0.6 is 8.58 Å². The van der Waals surface area contributed by atoms with Gasteiger partial charge in [0.25, 0.3) is 0 Å². The van der Waals surface area contributed by atoms with E-state index in [-0.39, 0.29) is 0 Å². The number of hydrogen-bond donors (Lipinski definition) is 1. The number of likely N-dealkylation sites (N-methyl/N-ethyl adjacent to an activating group) is 1. The Hall–Kier alpha value is -1.21. The van der Waals surface area contributed by atoms with Crippen LogP contribution in [0.2, 0.25) is 0 Å². The van der Waals surface area contributed by atoms with Crippen LogP contribution in [0, 0.1) is 27.7 Å². The first kappa shape index (κ1) is 19.1. The second kappa shape index (κ2) is 9.32. The van der Waals surface area contributed by atoms with Gasteiger partial charge in [0.2, 0.25) is 0 Å². The minimum Gasteiger partial charge on any atom is -0.314 e. The molecular weight excluding hydrogens is 311 g/mol. The Morgan fingerprint density at radius 1 is 0.708 bits per heavy atom. The van der Waals surface area contributed by atoms with Crippen LogP contribution in [0.3, 0.4) is 0 Å². The summed E-state index contributed by atoms with van der Waals surface area (Å²) in [5.41, 5.74) is 5.43. The topological polar surface area (TPSA) is 15.3 Å². The van der Waals surface area contributed by atoms with E-state index in [1.807, 2.05) is 0 Å². The number of aryl methyl sites for hydroxylation is 4. The van der Waals surface area contributed by atoms with Crippen molar-refractivity contribution in [3.8, 4) is 0 Å². The van der Waals surface area contributed by atoms with Crippen LogP contribution in [0.5, 0.6) is 0 Å².